The molecule has 0 aliphatic heterocycles. The molecule has 2 heteroatoms. The van der Waals surface area contributed by atoms with Gasteiger partial charge in [0.1, 0.15) is 5.78 Å². The average molecular weight is 204 g/mol. The Morgan fingerprint density at radius 1 is 1.27 bits per heavy atom. The van der Waals surface area contributed by atoms with Gasteiger partial charge in [-0.15, -0.1) is 0 Å². The molecule has 0 N–H and O–H groups in total. The summed E-state index contributed by atoms with van der Waals surface area (Å²) in [4.78, 5) is 22.6. The minimum absolute atomic E-state index is 0.201. The second-order valence-electron chi connectivity index (χ2n) is 4.53. The highest BCUT2D eigenvalue weighted by molar-refractivity contribution is 5.99. The van der Waals surface area contributed by atoms with Crippen LogP contribution >= 0.6 is 0 Å². The van der Waals surface area contributed by atoms with Crippen molar-refractivity contribution < 1.29 is 9.59 Å². The molecule has 0 saturated heterocycles. The molecule has 2 rings (SSSR count). The number of rotatable bonds is 4. The molecule has 0 aromatic rings. The maximum atomic E-state index is 11.7. The van der Waals surface area contributed by atoms with Gasteiger partial charge in [0.05, 0.1) is 0 Å². The van der Waals surface area contributed by atoms with Crippen LogP contribution in [0.2, 0.25) is 0 Å². The van der Waals surface area contributed by atoms with E-state index in [2.05, 4.69) is 0 Å². The van der Waals surface area contributed by atoms with Crippen molar-refractivity contribution in [2.45, 2.75) is 39.0 Å². The first-order chi connectivity index (χ1) is 7.16. The number of carbonyl (C=O) groups is 2. The van der Waals surface area contributed by atoms with Crippen LogP contribution < -0.4 is 0 Å². The van der Waals surface area contributed by atoms with Gasteiger partial charge in [0, 0.05) is 12.3 Å². The van der Waals surface area contributed by atoms with Crippen LogP contribution in [0.3, 0.4) is 0 Å². The molecular formula is C13H16O2. The van der Waals surface area contributed by atoms with E-state index in [0.29, 0.717) is 18.1 Å². The molecule has 0 amide bonds. The zero-order chi connectivity index (χ0) is 10.8. The van der Waals surface area contributed by atoms with Crippen molar-refractivity contribution in [3.63, 3.8) is 0 Å². The van der Waals surface area contributed by atoms with E-state index in [-0.39, 0.29) is 5.78 Å². The molecule has 0 spiro atoms. The van der Waals surface area contributed by atoms with E-state index in [1.165, 1.54) is 0 Å². The molecule has 80 valence electrons. The lowest BCUT2D eigenvalue weighted by Crippen LogP contribution is -2.08. The number of Topliss-reactive ketones (excluding diaryl/α,β-unsaturated/α-hetero) is 2. The van der Waals surface area contributed by atoms with E-state index in [1.807, 2.05) is 12.2 Å². The molecule has 0 heterocycles. The summed E-state index contributed by atoms with van der Waals surface area (Å²) in [5.74, 6) is 0.860. The van der Waals surface area contributed by atoms with Crippen molar-refractivity contribution in [3.05, 3.63) is 23.3 Å². The Labute approximate surface area is 90.1 Å². The summed E-state index contributed by atoms with van der Waals surface area (Å²) in [6, 6.07) is 0. The first kappa shape index (κ1) is 10.3. The van der Waals surface area contributed by atoms with Crippen LogP contribution in [0.4, 0.5) is 0 Å². The second-order valence-corrected chi connectivity index (χ2v) is 4.53. The summed E-state index contributed by atoms with van der Waals surface area (Å²) in [7, 11) is 0. The molecule has 2 aliphatic carbocycles. The van der Waals surface area contributed by atoms with Crippen LogP contribution in [-0.2, 0) is 9.59 Å². The van der Waals surface area contributed by atoms with Gasteiger partial charge in [-0.1, -0.05) is 17.7 Å². The Kier molecular flexibility index (Phi) is 2.85. The minimum atomic E-state index is 0.201. The van der Waals surface area contributed by atoms with Crippen molar-refractivity contribution in [2.75, 3.05) is 0 Å². The normalized spacial score (nSPS) is 20.6. The highest BCUT2D eigenvalue weighted by Crippen LogP contribution is 2.34. The lowest BCUT2D eigenvalue weighted by molar-refractivity contribution is -0.117. The van der Waals surface area contributed by atoms with Gasteiger partial charge in [0.25, 0.3) is 0 Å². The van der Waals surface area contributed by atoms with E-state index in [1.54, 1.807) is 6.92 Å². The highest BCUT2D eigenvalue weighted by Gasteiger charge is 2.31. The lowest BCUT2D eigenvalue weighted by Gasteiger charge is -2.12. The van der Waals surface area contributed by atoms with E-state index >= 15 is 0 Å². The third-order valence-corrected chi connectivity index (χ3v) is 2.98. The molecule has 1 saturated carbocycles. The van der Waals surface area contributed by atoms with Crippen molar-refractivity contribution in [1.29, 1.82) is 0 Å². The maximum absolute atomic E-state index is 11.7. The molecule has 15 heavy (non-hydrogen) atoms. The Hall–Kier alpha value is -1.18. The van der Waals surface area contributed by atoms with Crippen molar-refractivity contribution in [3.8, 4) is 0 Å². The molecule has 0 bridgehead atoms. The van der Waals surface area contributed by atoms with Gasteiger partial charge >= 0.3 is 0 Å². The van der Waals surface area contributed by atoms with E-state index in [0.717, 1.165) is 36.8 Å². The fourth-order valence-corrected chi connectivity index (χ4v) is 1.96. The molecule has 0 aromatic heterocycles. The predicted molar refractivity (Wildman–Crippen MR) is 58.4 cm³/mol. The highest BCUT2D eigenvalue weighted by atomic mass is 16.1. The molecule has 0 atom stereocenters. The number of ketones is 2. The molecule has 1 fully saturated rings. The van der Waals surface area contributed by atoms with Gasteiger partial charge < -0.3 is 0 Å². The molecule has 2 aliphatic rings. The summed E-state index contributed by atoms with van der Waals surface area (Å²) in [5.41, 5.74) is 2.12. The zero-order valence-corrected chi connectivity index (χ0v) is 9.08. The van der Waals surface area contributed by atoms with Crippen molar-refractivity contribution in [2.24, 2.45) is 5.92 Å². The predicted octanol–water partition coefficient (Wildman–Crippen LogP) is 2.59. The largest absolute Gasteiger partial charge is 0.300 e. The maximum Gasteiger partial charge on any atom is 0.161 e. The number of hydrogen-bond donors (Lipinski definition) is 0. The monoisotopic (exact) mass is 204 g/mol. The van der Waals surface area contributed by atoms with E-state index in [4.69, 9.17) is 0 Å². The Balaban J connectivity index is 1.99. The fraction of sp³-hybridized carbons (Fsp3) is 0.538. The van der Waals surface area contributed by atoms with Crippen LogP contribution in [0.25, 0.3) is 0 Å². The number of carbonyl (C=O) groups excluding carboxylic acids is 2. The van der Waals surface area contributed by atoms with Gasteiger partial charge in [0.15, 0.2) is 5.78 Å². The van der Waals surface area contributed by atoms with Crippen LogP contribution in [0.5, 0.6) is 0 Å². The minimum Gasteiger partial charge on any atom is -0.300 e. The van der Waals surface area contributed by atoms with Crippen molar-refractivity contribution in [1.82, 2.24) is 0 Å². The van der Waals surface area contributed by atoms with Crippen LogP contribution in [-0.4, -0.2) is 11.6 Å². The third-order valence-electron chi connectivity index (χ3n) is 2.98. The van der Waals surface area contributed by atoms with E-state index in [9.17, 15) is 9.59 Å². The fourth-order valence-electron chi connectivity index (χ4n) is 1.96. The Morgan fingerprint density at radius 3 is 2.47 bits per heavy atom. The molecule has 0 aromatic carbocycles. The zero-order valence-electron chi connectivity index (χ0n) is 9.08. The molecule has 0 unspecified atom stereocenters. The first-order valence-corrected chi connectivity index (χ1v) is 5.59. The third kappa shape index (κ3) is 2.65. The summed E-state index contributed by atoms with van der Waals surface area (Å²) < 4.78 is 0. The Morgan fingerprint density at radius 2 is 2.00 bits per heavy atom. The smallest absolute Gasteiger partial charge is 0.161 e. The van der Waals surface area contributed by atoms with Gasteiger partial charge in [0.2, 0.25) is 0 Å². The summed E-state index contributed by atoms with van der Waals surface area (Å²) >= 11 is 0. The quantitative estimate of drug-likeness (QED) is 0.705. The number of allylic oxidation sites excluding steroid dienone is 4. The van der Waals surface area contributed by atoms with Gasteiger partial charge in [-0.3, -0.25) is 9.59 Å². The molecular weight excluding hydrogens is 188 g/mol. The topological polar surface area (TPSA) is 34.1 Å². The summed E-state index contributed by atoms with van der Waals surface area (Å²) in [5, 5.41) is 0. The number of hydrogen-bond acceptors (Lipinski definition) is 2. The van der Waals surface area contributed by atoms with Gasteiger partial charge in [-0.05, 0) is 38.2 Å². The van der Waals surface area contributed by atoms with Crippen LogP contribution in [0.15, 0.2) is 23.3 Å². The first-order valence-electron chi connectivity index (χ1n) is 5.59. The molecule has 0 radical (unpaired) electrons. The lowest BCUT2D eigenvalue weighted by atomic mass is 9.92. The van der Waals surface area contributed by atoms with Crippen LogP contribution in [0, 0.1) is 5.92 Å². The SMILES string of the molecule is CC(=O)CC1=CC=C(C(=O)C2CC2)CC1. The average Bonchev–Trinajstić information content (AvgIpc) is 3.00. The van der Waals surface area contributed by atoms with Crippen LogP contribution in [0.1, 0.15) is 39.0 Å². The Bertz CT molecular complexity index is 357. The van der Waals surface area contributed by atoms with Gasteiger partial charge in [-0.2, -0.15) is 0 Å². The molecule has 2 nitrogen and oxygen atoms in total. The second kappa shape index (κ2) is 4.13. The van der Waals surface area contributed by atoms with E-state index < -0.39 is 0 Å². The summed E-state index contributed by atoms with van der Waals surface area (Å²) in [6.45, 7) is 1.61. The summed E-state index contributed by atoms with van der Waals surface area (Å²) in [6.07, 6.45) is 8.27. The van der Waals surface area contributed by atoms with Crippen molar-refractivity contribution >= 4 is 11.6 Å². The standard InChI is InChI=1S/C13H16O2/c1-9(14)8-10-2-4-11(5-3-10)13(15)12-6-7-12/h2,4,12H,3,5-8H2,1H3. The van der Waals surface area contributed by atoms with Gasteiger partial charge in [-0.25, -0.2) is 0 Å².